The van der Waals surface area contributed by atoms with Crippen molar-refractivity contribution in [3.63, 3.8) is 0 Å². The molecule has 0 unspecified atom stereocenters. The number of nitrogens with zero attached hydrogens (tertiary/aromatic N) is 3. The Balaban J connectivity index is 1.54. The zero-order chi connectivity index (χ0) is 22.1. The molecule has 5 rings (SSSR count). The normalized spacial score (nSPS) is 11.2. The second-order valence-corrected chi connectivity index (χ2v) is 9.42. The number of hydrogen-bond donors (Lipinski definition) is 0. The monoisotopic (exact) mass is 455 g/mol. The number of fused-ring (bicyclic) bond motifs is 1. The summed E-state index contributed by atoms with van der Waals surface area (Å²) in [5.74, 6) is 0.638. The van der Waals surface area contributed by atoms with Crippen LogP contribution in [-0.4, -0.2) is 14.5 Å². The predicted molar refractivity (Wildman–Crippen MR) is 134 cm³/mol. The van der Waals surface area contributed by atoms with E-state index in [4.69, 9.17) is 9.97 Å². The van der Waals surface area contributed by atoms with Crippen LogP contribution in [0.5, 0.6) is 0 Å². The minimum absolute atomic E-state index is 0.0513. The third-order valence-electron chi connectivity index (χ3n) is 5.42. The van der Waals surface area contributed by atoms with E-state index in [1.807, 2.05) is 60.7 Å². The molecule has 0 N–H and O–H groups in total. The molecule has 6 heteroatoms. The number of hydrogen-bond acceptors (Lipinski definition) is 5. The summed E-state index contributed by atoms with van der Waals surface area (Å²) in [7, 11) is 0. The van der Waals surface area contributed by atoms with Gasteiger partial charge in [-0.2, -0.15) is 0 Å². The second-order valence-electron chi connectivity index (χ2n) is 7.62. The molecule has 5 aromatic rings. The van der Waals surface area contributed by atoms with E-state index in [0.29, 0.717) is 21.8 Å². The third kappa shape index (κ3) is 3.99. The van der Waals surface area contributed by atoms with Gasteiger partial charge in [-0.05, 0) is 49.2 Å². The first-order valence-corrected chi connectivity index (χ1v) is 12.2. The minimum atomic E-state index is -0.0513. The quantitative estimate of drug-likeness (QED) is 0.227. The molecule has 0 fully saturated rings. The van der Waals surface area contributed by atoms with Crippen molar-refractivity contribution in [3.05, 3.63) is 105 Å². The molecule has 4 nitrogen and oxygen atoms in total. The predicted octanol–water partition coefficient (Wildman–Crippen LogP) is 6.42. The minimum Gasteiger partial charge on any atom is -0.268 e. The summed E-state index contributed by atoms with van der Waals surface area (Å²) in [6.45, 7) is 4.13. The SMILES string of the molecule is Cc1ccc(-n2c(SCc3csc(-c4ccccc4)n3)nc3ccccc3c2=O)cc1C. The molecule has 0 saturated heterocycles. The molecule has 0 atom stereocenters. The van der Waals surface area contributed by atoms with Crippen LogP contribution in [0, 0.1) is 13.8 Å². The van der Waals surface area contributed by atoms with Gasteiger partial charge in [0.1, 0.15) is 5.01 Å². The lowest BCUT2D eigenvalue weighted by Gasteiger charge is -2.14. The van der Waals surface area contributed by atoms with Crippen LogP contribution in [0.1, 0.15) is 16.8 Å². The van der Waals surface area contributed by atoms with Crippen molar-refractivity contribution >= 4 is 34.0 Å². The Hall–Kier alpha value is -3.22. The van der Waals surface area contributed by atoms with Gasteiger partial charge in [-0.1, -0.05) is 60.3 Å². The fraction of sp³-hybridized carbons (Fsp3) is 0.115. The van der Waals surface area contributed by atoms with Gasteiger partial charge in [-0.3, -0.25) is 9.36 Å². The van der Waals surface area contributed by atoms with Crippen LogP contribution in [0.25, 0.3) is 27.2 Å². The molecule has 32 heavy (non-hydrogen) atoms. The molecule has 0 bridgehead atoms. The Labute approximate surface area is 194 Å². The van der Waals surface area contributed by atoms with Crippen molar-refractivity contribution in [2.24, 2.45) is 0 Å². The van der Waals surface area contributed by atoms with E-state index in [2.05, 4.69) is 31.4 Å². The lowest BCUT2D eigenvalue weighted by Crippen LogP contribution is -2.22. The first-order chi connectivity index (χ1) is 15.6. The number of para-hydroxylation sites is 1. The van der Waals surface area contributed by atoms with Crippen LogP contribution < -0.4 is 5.56 Å². The number of thiazole rings is 1. The highest BCUT2D eigenvalue weighted by atomic mass is 32.2. The smallest absolute Gasteiger partial charge is 0.266 e. The maximum absolute atomic E-state index is 13.4. The van der Waals surface area contributed by atoms with E-state index < -0.39 is 0 Å². The largest absolute Gasteiger partial charge is 0.268 e. The molecule has 0 aliphatic carbocycles. The summed E-state index contributed by atoms with van der Waals surface area (Å²) < 4.78 is 1.73. The second kappa shape index (κ2) is 8.73. The van der Waals surface area contributed by atoms with Crippen molar-refractivity contribution in [1.29, 1.82) is 0 Å². The summed E-state index contributed by atoms with van der Waals surface area (Å²) in [4.78, 5) is 23.1. The van der Waals surface area contributed by atoms with Crippen molar-refractivity contribution in [2.75, 3.05) is 0 Å². The Kier molecular flexibility index (Phi) is 5.64. The first kappa shape index (κ1) is 20.7. The molecular formula is C26H21N3OS2. The van der Waals surface area contributed by atoms with Gasteiger partial charge < -0.3 is 0 Å². The molecule has 0 amide bonds. The third-order valence-corrected chi connectivity index (χ3v) is 7.33. The number of aromatic nitrogens is 3. The molecule has 0 radical (unpaired) electrons. The Morgan fingerprint density at radius 2 is 1.69 bits per heavy atom. The van der Waals surface area contributed by atoms with E-state index >= 15 is 0 Å². The van der Waals surface area contributed by atoms with Gasteiger partial charge in [0, 0.05) is 16.7 Å². The molecule has 3 aromatic carbocycles. The van der Waals surface area contributed by atoms with Gasteiger partial charge in [-0.15, -0.1) is 11.3 Å². The highest BCUT2D eigenvalue weighted by Gasteiger charge is 2.15. The van der Waals surface area contributed by atoms with E-state index in [-0.39, 0.29) is 5.56 Å². The van der Waals surface area contributed by atoms with E-state index in [9.17, 15) is 4.79 Å². The van der Waals surface area contributed by atoms with Crippen LogP contribution in [0.4, 0.5) is 0 Å². The van der Waals surface area contributed by atoms with Crippen molar-refractivity contribution < 1.29 is 0 Å². The lowest BCUT2D eigenvalue weighted by atomic mass is 10.1. The van der Waals surface area contributed by atoms with Crippen molar-refractivity contribution in [3.8, 4) is 16.3 Å². The average Bonchev–Trinajstić information content (AvgIpc) is 3.30. The van der Waals surface area contributed by atoms with Crippen molar-refractivity contribution in [2.45, 2.75) is 24.8 Å². The fourth-order valence-electron chi connectivity index (χ4n) is 3.53. The number of rotatable bonds is 5. The van der Waals surface area contributed by atoms with Crippen LogP contribution in [0.15, 0.2) is 88.1 Å². The molecule has 0 spiro atoms. The standard InChI is InChI=1S/C26H21N3OS2/c1-17-12-13-21(14-18(17)2)29-25(30)22-10-6-7-11-23(22)28-26(29)32-16-20-15-31-24(27-20)19-8-4-3-5-9-19/h3-15H,16H2,1-2H3. The van der Waals surface area contributed by atoms with Gasteiger partial charge in [0.05, 0.1) is 22.3 Å². The summed E-state index contributed by atoms with van der Waals surface area (Å²) in [5, 5.41) is 4.37. The van der Waals surface area contributed by atoms with Crippen LogP contribution in [0.2, 0.25) is 0 Å². The fourth-order valence-corrected chi connectivity index (χ4v) is 5.36. The Bertz CT molecular complexity index is 1470. The highest BCUT2D eigenvalue weighted by Crippen LogP contribution is 2.29. The molecule has 2 heterocycles. The van der Waals surface area contributed by atoms with Gasteiger partial charge in [0.2, 0.25) is 0 Å². The first-order valence-electron chi connectivity index (χ1n) is 10.3. The van der Waals surface area contributed by atoms with Crippen LogP contribution >= 0.6 is 23.1 Å². The molecule has 0 saturated carbocycles. The lowest BCUT2D eigenvalue weighted by molar-refractivity contribution is 0.818. The Morgan fingerprint density at radius 3 is 2.50 bits per heavy atom. The zero-order valence-corrected chi connectivity index (χ0v) is 19.4. The van der Waals surface area contributed by atoms with Crippen molar-refractivity contribution in [1.82, 2.24) is 14.5 Å². The molecule has 0 aliphatic rings. The van der Waals surface area contributed by atoms with E-state index in [1.54, 1.807) is 15.9 Å². The maximum atomic E-state index is 13.4. The number of benzene rings is 3. The van der Waals surface area contributed by atoms with Crippen LogP contribution in [0.3, 0.4) is 0 Å². The molecule has 2 aromatic heterocycles. The summed E-state index contributed by atoms with van der Waals surface area (Å²) in [5.41, 5.74) is 5.93. The summed E-state index contributed by atoms with van der Waals surface area (Å²) in [6.07, 6.45) is 0. The van der Waals surface area contributed by atoms with E-state index in [0.717, 1.165) is 27.5 Å². The number of aryl methyl sites for hydroxylation is 2. The van der Waals surface area contributed by atoms with E-state index in [1.165, 1.54) is 17.3 Å². The van der Waals surface area contributed by atoms with Gasteiger partial charge in [0.25, 0.3) is 5.56 Å². The molecule has 158 valence electrons. The number of thioether (sulfide) groups is 1. The zero-order valence-electron chi connectivity index (χ0n) is 17.8. The molecular weight excluding hydrogens is 434 g/mol. The highest BCUT2D eigenvalue weighted by molar-refractivity contribution is 7.98. The van der Waals surface area contributed by atoms with Gasteiger partial charge in [0.15, 0.2) is 5.16 Å². The maximum Gasteiger partial charge on any atom is 0.266 e. The topological polar surface area (TPSA) is 47.8 Å². The van der Waals surface area contributed by atoms with Gasteiger partial charge >= 0.3 is 0 Å². The summed E-state index contributed by atoms with van der Waals surface area (Å²) in [6, 6.07) is 23.8. The van der Waals surface area contributed by atoms with Crippen LogP contribution in [-0.2, 0) is 5.75 Å². The van der Waals surface area contributed by atoms with Gasteiger partial charge in [-0.25, -0.2) is 9.97 Å². The summed E-state index contributed by atoms with van der Waals surface area (Å²) >= 11 is 3.17. The Morgan fingerprint density at radius 1 is 0.906 bits per heavy atom. The molecule has 0 aliphatic heterocycles. The average molecular weight is 456 g/mol.